The monoisotopic (exact) mass is 250 g/mol. The van der Waals surface area contributed by atoms with Crippen LogP contribution in [0.25, 0.3) is 0 Å². The number of benzene rings is 1. The van der Waals surface area contributed by atoms with E-state index in [-0.39, 0.29) is 11.4 Å². The molecule has 1 nitrogen and oxygen atoms in total. The van der Waals surface area contributed by atoms with E-state index in [1.807, 2.05) is 0 Å². The molecule has 0 heterocycles. The molecule has 0 bridgehead atoms. The average molecular weight is 251 g/mol. The van der Waals surface area contributed by atoms with Crippen LogP contribution in [0.2, 0.25) is 5.02 Å². The van der Waals surface area contributed by atoms with Gasteiger partial charge in [0.1, 0.15) is 0 Å². The molecule has 16 heavy (non-hydrogen) atoms. The largest absolute Gasteiger partial charge is 0.417 e. The second kappa shape index (κ2) is 3.64. The third-order valence-electron chi connectivity index (χ3n) is 2.70. The van der Waals surface area contributed by atoms with Gasteiger partial charge < -0.3 is 5.11 Å². The first kappa shape index (κ1) is 11.7. The minimum atomic E-state index is -4.45. The van der Waals surface area contributed by atoms with E-state index in [1.54, 1.807) is 0 Å². The van der Waals surface area contributed by atoms with E-state index in [0.717, 1.165) is 6.07 Å². The molecule has 1 fully saturated rings. The molecule has 0 spiro atoms. The van der Waals surface area contributed by atoms with Crippen molar-refractivity contribution in [3.63, 3.8) is 0 Å². The Morgan fingerprint density at radius 1 is 1.31 bits per heavy atom. The summed E-state index contributed by atoms with van der Waals surface area (Å²) in [6.07, 6.45) is -2.89. The normalized spacial score (nSPS) is 18.6. The zero-order valence-corrected chi connectivity index (χ0v) is 9.07. The lowest BCUT2D eigenvalue weighted by atomic mass is 10.0. The van der Waals surface area contributed by atoms with Crippen LogP contribution in [0.5, 0.6) is 0 Å². The van der Waals surface area contributed by atoms with Gasteiger partial charge in [-0.25, -0.2) is 0 Å². The molecule has 0 saturated heterocycles. The molecule has 1 aromatic rings. The van der Waals surface area contributed by atoms with E-state index in [4.69, 9.17) is 11.6 Å². The average Bonchev–Trinajstić information content (AvgIpc) is 2.85. The fourth-order valence-electron chi connectivity index (χ4n) is 1.60. The van der Waals surface area contributed by atoms with Gasteiger partial charge in [0.05, 0.1) is 16.2 Å². The molecule has 0 unspecified atom stereocenters. The van der Waals surface area contributed by atoms with Crippen molar-refractivity contribution in [1.29, 1.82) is 0 Å². The summed E-state index contributed by atoms with van der Waals surface area (Å²) in [5, 5.41) is 9.32. The zero-order valence-electron chi connectivity index (χ0n) is 8.31. The van der Waals surface area contributed by atoms with E-state index in [2.05, 4.69) is 0 Å². The summed E-state index contributed by atoms with van der Waals surface area (Å²) in [5.41, 5.74) is -1.16. The van der Waals surface area contributed by atoms with Crippen molar-refractivity contribution >= 4 is 11.6 Å². The minimum Gasteiger partial charge on any atom is -0.390 e. The van der Waals surface area contributed by atoms with Gasteiger partial charge in [-0.1, -0.05) is 17.7 Å². The van der Waals surface area contributed by atoms with Gasteiger partial charge in [0, 0.05) is 6.42 Å². The van der Waals surface area contributed by atoms with Gasteiger partial charge in [-0.3, -0.25) is 0 Å². The van der Waals surface area contributed by atoms with Crippen LogP contribution in [-0.4, -0.2) is 10.7 Å². The Morgan fingerprint density at radius 2 is 1.94 bits per heavy atom. The van der Waals surface area contributed by atoms with Gasteiger partial charge >= 0.3 is 6.18 Å². The van der Waals surface area contributed by atoms with Crippen LogP contribution in [-0.2, 0) is 12.6 Å². The number of rotatable bonds is 2. The number of alkyl halides is 3. The van der Waals surface area contributed by atoms with E-state index < -0.39 is 17.3 Å². The molecule has 1 N–H and O–H groups in total. The molecule has 88 valence electrons. The molecule has 0 atom stereocenters. The zero-order chi connectivity index (χ0) is 12.0. The van der Waals surface area contributed by atoms with Gasteiger partial charge in [0.25, 0.3) is 0 Å². The quantitative estimate of drug-likeness (QED) is 0.853. The number of hydrogen-bond acceptors (Lipinski definition) is 1. The predicted molar refractivity (Wildman–Crippen MR) is 54.3 cm³/mol. The summed E-state index contributed by atoms with van der Waals surface area (Å²) < 4.78 is 37.6. The lowest BCUT2D eigenvalue weighted by Gasteiger charge is -2.12. The molecule has 1 aromatic carbocycles. The van der Waals surface area contributed by atoms with Crippen molar-refractivity contribution < 1.29 is 18.3 Å². The van der Waals surface area contributed by atoms with E-state index in [1.165, 1.54) is 12.1 Å². The number of aliphatic hydroxyl groups is 1. The Morgan fingerprint density at radius 3 is 2.44 bits per heavy atom. The fourth-order valence-corrected chi connectivity index (χ4v) is 1.83. The Bertz CT molecular complexity index is 410. The molecular weight excluding hydrogens is 241 g/mol. The fraction of sp³-hybridized carbons (Fsp3) is 0.455. The van der Waals surface area contributed by atoms with Gasteiger partial charge in [0.2, 0.25) is 0 Å². The van der Waals surface area contributed by atoms with Gasteiger partial charge in [-0.05, 0) is 30.5 Å². The molecule has 0 aromatic heterocycles. The van der Waals surface area contributed by atoms with Gasteiger partial charge in [-0.15, -0.1) is 0 Å². The maximum Gasteiger partial charge on any atom is 0.417 e. The van der Waals surface area contributed by atoms with E-state index >= 15 is 0 Å². The third-order valence-corrected chi connectivity index (χ3v) is 3.03. The summed E-state index contributed by atoms with van der Waals surface area (Å²) in [6, 6.07) is 3.76. The maximum atomic E-state index is 12.5. The molecule has 5 heteroatoms. The summed E-state index contributed by atoms with van der Waals surface area (Å²) in [4.78, 5) is 0. The minimum absolute atomic E-state index is 0.257. The molecule has 0 amide bonds. The van der Waals surface area contributed by atoms with Gasteiger partial charge in [0.15, 0.2) is 0 Å². The van der Waals surface area contributed by atoms with Crippen LogP contribution in [0.4, 0.5) is 13.2 Å². The molecule has 0 radical (unpaired) electrons. The Balaban J connectivity index is 2.28. The van der Waals surface area contributed by atoms with Crippen molar-refractivity contribution in [2.45, 2.75) is 31.0 Å². The first-order valence-corrected chi connectivity index (χ1v) is 5.26. The molecule has 1 saturated carbocycles. The summed E-state index contributed by atoms with van der Waals surface area (Å²) >= 11 is 5.49. The Labute approximate surface area is 95.8 Å². The number of hydrogen-bond donors (Lipinski definition) is 1. The molecule has 2 rings (SSSR count). The molecule has 1 aliphatic rings. The molecular formula is C11H10ClF3O. The van der Waals surface area contributed by atoms with Crippen molar-refractivity contribution in [2.75, 3.05) is 0 Å². The van der Waals surface area contributed by atoms with Crippen molar-refractivity contribution in [2.24, 2.45) is 0 Å². The van der Waals surface area contributed by atoms with Gasteiger partial charge in [-0.2, -0.15) is 13.2 Å². The second-order valence-corrected chi connectivity index (χ2v) is 4.62. The smallest absolute Gasteiger partial charge is 0.390 e. The van der Waals surface area contributed by atoms with Crippen molar-refractivity contribution in [3.8, 4) is 0 Å². The lowest BCUT2D eigenvalue weighted by molar-refractivity contribution is -0.137. The first-order valence-electron chi connectivity index (χ1n) is 4.88. The maximum absolute atomic E-state index is 12.5. The van der Waals surface area contributed by atoms with E-state index in [0.29, 0.717) is 18.4 Å². The Kier molecular flexibility index (Phi) is 2.67. The summed E-state index contributed by atoms with van der Waals surface area (Å²) in [5.74, 6) is 0. The van der Waals surface area contributed by atoms with Crippen molar-refractivity contribution in [3.05, 3.63) is 34.3 Å². The van der Waals surface area contributed by atoms with Crippen LogP contribution in [0, 0.1) is 0 Å². The van der Waals surface area contributed by atoms with E-state index in [9.17, 15) is 18.3 Å². The highest BCUT2D eigenvalue weighted by molar-refractivity contribution is 6.31. The SMILES string of the molecule is OC1(Cc2ccc(Cl)c(C(F)(F)F)c2)CC1. The first-order chi connectivity index (χ1) is 7.30. The van der Waals surface area contributed by atoms with Crippen LogP contribution < -0.4 is 0 Å². The number of halogens is 4. The molecule has 0 aliphatic heterocycles. The molecule has 1 aliphatic carbocycles. The standard InChI is InChI=1S/C11H10ClF3O/c12-9-2-1-7(6-10(16)3-4-10)5-8(9)11(13,14)15/h1-2,5,16H,3-4,6H2. The summed E-state index contributed by atoms with van der Waals surface area (Å²) in [7, 11) is 0. The Hall–Kier alpha value is -0.740. The highest BCUT2D eigenvalue weighted by atomic mass is 35.5. The highest BCUT2D eigenvalue weighted by Gasteiger charge is 2.41. The summed E-state index contributed by atoms with van der Waals surface area (Å²) in [6.45, 7) is 0. The second-order valence-electron chi connectivity index (χ2n) is 4.21. The van der Waals surface area contributed by atoms with Crippen LogP contribution in [0.1, 0.15) is 24.0 Å². The van der Waals surface area contributed by atoms with Crippen LogP contribution >= 0.6 is 11.6 Å². The van der Waals surface area contributed by atoms with Crippen LogP contribution in [0.3, 0.4) is 0 Å². The van der Waals surface area contributed by atoms with Crippen LogP contribution in [0.15, 0.2) is 18.2 Å². The lowest BCUT2D eigenvalue weighted by Crippen LogP contribution is -2.12. The topological polar surface area (TPSA) is 20.2 Å². The highest BCUT2D eigenvalue weighted by Crippen LogP contribution is 2.40. The third kappa shape index (κ3) is 2.50. The van der Waals surface area contributed by atoms with Crippen molar-refractivity contribution in [1.82, 2.24) is 0 Å². The predicted octanol–water partition coefficient (Wildman–Crippen LogP) is 3.43.